The van der Waals surface area contributed by atoms with Crippen LogP contribution in [-0.4, -0.2) is 18.2 Å². The number of halogens is 1. The topological polar surface area (TPSA) is 72.5 Å². The molecule has 0 aliphatic carbocycles. The molecular weight excluding hydrogens is 266 g/mol. The second kappa shape index (κ2) is 5.20. The molecule has 98 valence electrons. The number of carboxylic acid groups (broad SMARTS) is 1. The van der Waals surface area contributed by atoms with E-state index in [0.29, 0.717) is 27.6 Å². The number of nitrogen functional groups attached to an aromatic ring is 1. The van der Waals surface area contributed by atoms with Gasteiger partial charge in [0.05, 0.1) is 17.7 Å². The molecule has 2 aromatic rings. The van der Waals surface area contributed by atoms with Crippen LogP contribution in [0.5, 0.6) is 5.75 Å². The first kappa shape index (κ1) is 13.2. The first-order valence-corrected chi connectivity index (χ1v) is 5.87. The minimum absolute atomic E-state index is 0.170. The Kier molecular flexibility index (Phi) is 3.62. The molecule has 0 amide bonds. The molecule has 0 radical (unpaired) electrons. The van der Waals surface area contributed by atoms with Gasteiger partial charge < -0.3 is 15.6 Å². The van der Waals surface area contributed by atoms with Crippen LogP contribution in [0.4, 0.5) is 5.69 Å². The second-order valence-electron chi connectivity index (χ2n) is 3.96. The van der Waals surface area contributed by atoms with Crippen molar-refractivity contribution in [2.45, 2.75) is 0 Å². The Bertz CT molecular complexity index is 641. The molecule has 4 nitrogen and oxygen atoms in total. The number of hydrogen-bond donors (Lipinski definition) is 2. The van der Waals surface area contributed by atoms with Crippen molar-refractivity contribution in [2.24, 2.45) is 0 Å². The lowest BCUT2D eigenvalue weighted by Gasteiger charge is -2.11. The minimum Gasteiger partial charge on any atom is -0.496 e. The predicted octanol–water partition coefficient (Wildman–Crippen LogP) is 3.30. The van der Waals surface area contributed by atoms with Gasteiger partial charge in [-0.05, 0) is 30.3 Å². The summed E-state index contributed by atoms with van der Waals surface area (Å²) in [5.74, 6) is -0.452. The quantitative estimate of drug-likeness (QED) is 0.845. The van der Waals surface area contributed by atoms with Crippen molar-refractivity contribution in [2.75, 3.05) is 12.8 Å². The second-order valence-corrected chi connectivity index (χ2v) is 4.37. The molecule has 0 bridgehead atoms. The third-order valence-electron chi connectivity index (χ3n) is 2.73. The lowest BCUT2D eigenvalue weighted by atomic mass is 10.0. The van der Waals surface area contributed by atoms with Crippen molar-refractivity contribution in [1.29, 1.82) is 0 Å². The first-order valence-electron chi connectivity index (χ1n) is 5.49. The van der Waals surface area contributed by atoms with Gasteiger partial charge in [-0.1, -0.05) is 17.7 Å². The van der Waals surface area contributed by atoms with Gasteiger partial charge in [-0.25, -0.2) is 4.79 Å². The van der Waals surface area contributed by atoms with E-state index in [1.807, 2.05) is 0 Å². The number of benzene rings is 2. The molecule has 0 spiro atoms. The van der Waals surface area contributed by atoms with E-state index in [0.717, 1.165) is 0 Å². The molecule has 19 heavy (non-hydrogen) atoms. The Hall–Kier alpha value is -2.20. The third kappa shape index (κ3) is 2.63. The van der Waals surface area contributed by atoms with Gasteiger partial charge in [0.25, 0.3) is 0 Å². The minimum atomic E-state index is -1.00. The van der Waals surface area contributed by atoms with E-state index in [9.17, 15) is 4.79 Å². The van der Waals surface area contributed by atoms with Crippen molar-refractivity contribution < 1.29 is 14.6 Å². The third-order valence-corrected chi connectivity index (χ3v) is 3.04. The SMILES string of the molecule is COc1ccc(C(=O)O)cc1-c1ccc(N)cc1Cl. The molecule has 0 heterocycles. The maximum atomic E-state index is 11.0. The monoisotopic (exact) mass is 277 g/mol. The molecule has 2 rings (SSSR count). The molecule has 0 saturated carbocycles. The smallest absolute Gasteiger partial charge is 0.335 e. The number of carbonyl (C=O) groups is 1. The van der Waals surface area contributed by atoms with Crippen LogP contribution >= 0.6 is 11.6 Å². The average molecular weight is 278 g/mol. The summed E-state index contributed by atoms with van der Waals surface area (Å²) >= 11 is 6.14. The fourth-order valence-corrected chi connectivity index (χ4v) is 2.09. The van der Waals surface area contributed by atoms with E-state index >= 15 is 0 Å². The van der Waals surface area contributed by atoms with Gasteiger partial charge in [-0.2, -0.15) is 0 Å². The van der Waals surface area contributed by atoms with Gasteiger partial charge in [-0.15, -0.1) is 0 Å². The van der Waals surface area contributed by atoms with Gasteiger partial charge in [-0.3, -0.25) is 0 Å². The highest BCUT2D eigenvalue weighted by Gasteiger charge is 2.13. The highest BCUT2D eigenvalue weighted by atomic mass is 35.5. The molecule has 3 N–H and O–H groups in total. The predicted molar refractivity (Wildman–Crippen MR) is 74.8 cm³/mol. The molecule has 0 aliphatic heterocycles. The molecule has 0 aliphatic rings. The van der Waals surface area contributed by atoms with Gasteiger partial charge >= 0.3 is 5.97 Å². The number of carboxylic acids is 1. The van der Waals surface area contributed by atoms with Crippen molar-refractivity contribution in [3.05, 3.63) is 47.0 Å². The summed E-state index contributed by atoms with van der Waals surface area (Å²) in [5.41, 5.74) is 7.65. The summed E-state index contributed by atoms with van der Waals surface area (Å²) in [5, 5.41) is 9.48. The first-order chi connectivity index (χ1) is 9.02. The highest BCUT2D eigenvalue weighted by Crippen LogP contribution is 2.36. The summed E-state index contributed by atoms with van der Waals surface area (Å²) in [4.78, 5) is 11.0. The zero-order valence-corrected chi connectivity index (χ0v) is 10.9. The number of aromatic carboxylic acids is 1. The summed E-state index contributed by atoms with van der Waals surface area (Å²) in [6.07, 6.45) is 0. The average Bonchev–Trinajstić information content (AvgIpc) is 2.38. The van der Waals surface area contributed by atoms with Gasteiger partial charge in [0, 0.05) is 16.8 Å². The fourth-order valence-electron chi connectivity index (χ4n) is 1.80. The molecule has 2 aromatic carbocycles. The Morgan fingerprint density at radius 3 is 2.53 bits per heavy atom. The van der Waals surface area contributed by atoms with Gasteiger partial charge in [0.15, 0.2) is 0 Å². The van der Waals surface area contributed by atoms with Crippen LogP contribution in [0.15, 0.2) is 36.4 Å². The Balaban J connectivity index is 2.64. The van der Waals surface area contributed by atoms with Crippen LogP contribution in [0.2, 0.25) is 5.02 Å². The molecule has 0 unspecified atom stereocenters. The Labute approximate surface area is 115 Å². The van der Waals surface area contributed by atoms with Crippen LogP contribution < -0.4 is 10.5 Å². The van der Waals surface area contributed by atoms with E-state index < -0.39 is 5.97 Å². The van der Waals surface area contributed by atoms with Crippen molar-refractivity contribution in [3.63, 3.8) is 0 Å². The van der Waals surface area contributed by atoms with Crippen LogP contribution in [0, 0.1) is 0 Å². The number of rotatable bonds is 3. The van der Waals surface area contributed by atoms with E-state index in [1.54, 1.807) is 24.3 Å². The van der Waals surface area contributed by atoms with Crippen molar-refractivity contribution >= 4 is 23.3 Å². The standard InChI is InChI=1S/C14H12ClNO3/c1-19-13-5-2-8(14(17)18)6-11(13)10-4-3-9(16)7-12(10)15/h2-7H,16H2,1H3,(H,17,18). The number of anilines is 1. The van der Waals surface area contributed by atoms with E-state index in [2.05, 4.69) is 0 Å². The molecule has 5 heteroatoms. The van der Waals surface area contributed by atoms with Crippen LogP contribution in [0.25, 0.3) is 11.1 Å². The maximum absolute atomic E-state index is 11.0. The lowest BCUT2D eigenvalue weighted by molar-refractivity contribution is 0.0697. The maximum Gasteiger partial charge on any atom is 0.335 e. The number of nitrogens with two attached hydrogens (primary N) is 1. The summed E-state index contributed by atoms with van der Waals surface area (Å²) in [6.45, 7) is 0. The number of methoxy groups -OCH3 is 1. The summed E-state index contributed by atoms with van der Waals surface area (Å²) < 4.78 is 5.24. The van der Waals surface area contributed by atoms with Crippen molar-refractivity contribution in [1.82, 2.24) is 0 Å². The molecule has 0 saturated heterocycles. The lowest BCUT2D eigenvalue weighted by Crippen LogP contribution is -1.98. The fraction of sp³-hybridized carbons (Fsp3) is 0.0714. The molecular formula is C14H12ClNO3. The molecule has 0 fully saturated rings. The van der Waals surface area contributed by atoms with Gasteiger partial charge in [0.1, 0.15) is 5.75 Å². The zero-order valence-electron chi connectivity index (χ0n) is 10.2. The number of hydrogen-bond acceptors (Lipinski definition) is 3. The van der Waals surface area contributed by atoms with Crippen LogP contribution in [0.1, 0.15) is 10.4 Å². The normalized spacial score (nSPS) is 10.2. The molecule has 0 atom stereocenters. The van der Waals surface area contributed by atoms with E-state index in [4.69, 9.17) is 27.2 Å². The number of ether oxygens (including phenoxy) is 1. The van der Waals surface area contributed by atoms with E-state index in [1.165, 1.54) is 19.2 Å². The zero-order chi connectivity index (χ0) is 14.0. The largest absolute Gasteiger partial charge is 0.496 e. The van der Waals surface area contributed by atoms with E-state index in [-0.39, 0.29) is 5.56 Å². The van der Waals surface area contributed by atoms with Crippen LogP contribution in [-0.2, 0) is 0 Å². The van der Waals surface area contributed by atoms with Gasteiger partial charge in [0.2, 0.25) is 0 Å². The Morgan fingerprint density at radius 2 is 1.95 bits per heavy atom. The van der Waals surface area contributed by atoms with Crippen molar-refractivity contribution in [3.8, 4) is 16.9 Å². The Morgan fingerprint density at radius 1 is 1.21 bits per heavy atom. The summed E-state index contributed by atoms with van der Waals surface area (Å²) in [6, 6.07) is 9.67. The highest BCUT2D eigenvalue weighted by molar-refractivity contribution is 6.33. The molecule has 0 aromatic heterocycles. The van der Waals surface area contributed by atoms with Crippen LogP contribution in [0.3, 0.4) is 0 Å². The summed E-state index contributed by atoms with van der Waals surface area (Å²) in [7, 11) is 1.52.